The standard InChI is InChI=1S/C62H35NO3S/c64-58-41-22-7-12-26-48(41)62(37-17-3-1-4-18-37,38-19-5-2-6-20-38)49-33-36(31-32-42(49)58)46-34-39(35-47-40-21-11-16-30-53(40)67-61(46)47)63-50-27-13-8-23-43(50)56-57(63)60-55(45-25-10-15-29-52(45)66-60)54-44-24-9-14-28-51(44)65-59(54)56/h1-35H. The first-order chi connectivity index (χ1) is 33.2. The van der Waals surface area contributed by atoms with Gasteiger partial charge in [-0.25, -0.2) is 0 Å². The van der Waals surface area contributed by atoms with E-state index < -0.39 is 5.41 Å². The van der Waals surface area contributed by atoms with Gasteiger partial charge in [0.05, 0.1) is 16.3 Å². The second-order valence-corrected chi connectivity index (χ2v) is 18.8. The molecule has 0 aliphatic heterocycles. The number of hydrogen-bond donors (Lipinski definition) is 0. The topological polar surface area (TPSA) is 48.3 Å². The van der Waals surface area contributed by atoms with Crippen molar-refractivity contribution in [2.45, 2.75) is 5.41 Å². The van der Waals surface area contributed by atoms with Gasteiger partial charge in [0.1, 0.15) is 22.3 Å². The number of para-hydroxylation sites is 3. The van der Waals surface area contributed by atoms with E-state index in [9.17, 15) is 4.79 Å². The Kier molecular flexibility index (Phi) is 7.42. The predicted molar refractivity (Wildman–Crippen MR) is 275 cm³/mol. The Labute approximate surface area is 387 Å². The maximum absolute atomic E-state index is 14.8. The van der Waals surface area contributed by atoms with E-state index in [2.05, 4.69) is 193 Å². The predicted octanol–water partition coefficient (Wildman–Crippen LogP) is 16.5. The van der Waals surface area contributed by atoms with Crippen molar-refractivity contribution in [1.29, 1.82) is 0 Å². The molecular formula is C62H35NO3S. The second-order valence-electron chi connectivity index (χ2n) is 17.8. The summed E-state index contributed by atoms with van der Waals surface area (Å²) in [5.74, 6) is 0.0393. The number of nitrogens with zero attached hydrogens (tertiary/aromatic N) is 1. The lowest BCUT2D eigenvalue weighted by Gasteiger charge is -2.42. The Hall–Kier alpha value is -8.51. The maximum Gasteiger partial charge on any atom is 0.193 e. The lowest BCUT2D eigenvalue weighted by atomic mass is 9.59. The zero-order valence-corrected chi connectivity index (χ0v) is 36.6. The Morgan fingerprint density at radius 2 is 1.01 bits per heavy atom. The van der Waals surface area contributed by atoms with Gasteiger partial charge in [-0.05, 0) is 70.3 Å². The van der Waals surface area contributed by atoms with Crippen LogP contribution < -0.4 is 0 Å². The van der Waals surface area contributed by atoms with Crippen LogP contribution in [0.2, 0.25) is 0 Å². The van der Waals surface area contributed by atoms with Gasteiger partial charge in [-0.1, -0.05) is 170 Å². The highest BCUT2D eigenvalue weighted by Gasteiger charge is 2.46. The van der Waals surface area contributed by atoms with Crippen LogP contribution in [0.15, 0.2) is 221 Å². The number of fused-ring (bicyclic) bond motifs is 17. The highest BCUT2D eigenvalue weighted by molar-refractivity contribution is 7.26. The molecule has 0 amide bonds. The third kappa shape index (κ3) is 4.83. The van der Waals surface area contributed by atoms with Crippen molar-refractivity contribution in [2.75, 3.05) is 0 Å². The summed E-state index contributed by atoms with van der Waals surface area (Å²) < 4.78 is 18.8. The zero-order valence-electron chi connectivity index (χ0n) is 35.8. The molecule has 5 heteroatoms. The molecule has 4 nitrogen and oxygen atoms in total. The van der Waals surface area contributed by atoms with Gasteiger partial charge in [0.2, 0.25) is 0 Å². The molecule has 15 rings (SSSR count). The van der Waals surface area contributed by atoms with Crippen LogP contribution in [0, 0.1) is 0 Å². The van der Waals surface area contributed by atoms with Crippen molar-refractivity contribution in [1.82, 2.24) is 4.57 Å². The monoisotopic (exact) mass is 873 g/mol. The largest absolute Gasteiger partial charge is 0.455 e. The van der Waals surface area contributed by atoms with Crippen LogP contribution in [-0.4, -0.2) is 10.4 Å². The minimum atomic E-state index is -0.771. The highest BCUT2D eigenvalue weighted by atomic mass is 32.1. The number of ketones is 1. The fourth-order valence-electron chi connectivity index (χ4n) is 11.7. The number of furan rings is 2. The highest BCUT2D eigenvalue weighted by Crippen LogP contribution is 2.54. The number of benzene rings is 10. The molecule has 0 saturated heterocycles. The first-order valence-electron chi connectivity index (χ1n) is 22.7. The molecule has 0 fully saturated rings. The van der Waals surface area contributed by atoms with Crippen LogP contribution in [0.4, 0.5) is 0 Å². The SMILES string of the molecule is O=C1c2ccccc2C(c2ccccc2)(c2ccccc2)c2cc(-c3cc(-n4c5ccccc5c5c6oc7ccccc7c6c6c7ccccc7oc6c54)cc4c3sc3ccccc34)ccc21. The number of thiophene rings is 1. The van der Waals surface area contributed by atoms with E-state index in [1.54, 1.807) is 0 Å². The van der Waals surface area contributed by atoms with E-state index in [4.69, 9.17) is 8.83 Å². The first kappa shape index (κ1) is 36.8. The molecule has 0 atom stereocenters. The smallest absolute Gasteiger partial charge is 0.193 e. The van der Waals surface area contributed by atoms with Crippen LogP contribution in [0.25, 0.3) is 103 Å². The summed E-state index contributed by atoms with van der Waals surface area (Å²) in [6.45, 7) is 0. The molecule has 0 N–H and O–H groups in total. The Balaban J connectivity index is 1.09. The van der Waals surface area contributed by atoms with Crippen LogP contribution in [0.5, 0.6) is 0 Å². The summed E-state index contributed by atoms with van der Waals surface area (Å²) in [5, 5.41) is 8.71. The molecular weight excluding hydrogens is 839 g/mol. The van der Waals surface area contributed by atoms with E-state index in [-0.39, 0.29) is 5.78 Å². The molecule has 1 aliphatic carbocycles. The van der Waals surface area contributed by atoms with Gasteiger partial charge >= 0.3 is 0 Å². The van der Waals surface area contributed by atoms with Gasteiger partial charge in [0.25, 0.3) is 0 Å². The lowest BCUT2D eigenvalue weighted by Crippen LogP contribution is -2.38. The van der Waals surface area contributed by atoms with Crippen molar-refractivity contribution in [3.63, 3.8) is 0 Å². The molecule has 0 unspecified atom stereocenters. The van der Waals surface area contributed by atoms with Gasteiger partial charge in [-0.3, -0.25) is 4.79 Å². The fraction of sp³-hybridized carbons (Fsp3) is 0.0161. The van der Waals surface area contributed by atoms with Gasteiger partial charge < -0.3 is 13.4 Å². The fourth-order valence-corrected chi connectivity index (χ4v) is 12.9. The van der Waals surface area contributed by atoms with Gasteiger partial charge in [-0.2, -0.15) is 0 Å². The van der Waals surface area contributed by atoms with E-state index in [0.717, 1.165) is 110 Å². The second kappa shape index (κ2) is 13.5. The van der Waals surface area contributed by atoms with Crippen LogP contribution >= 0.6 is 11.3 Å². The van der Waals surface area contributed by atoms with E-state index in [1.165, 1.54) is 20.2 Å². The van der Waals surface area contributed by atoms with Crippen LogP contribution in [0.1, 0.15) is 38.2 Å². The zero-order chi connectivity index (χ0) is 44.0. The van der Waals surface area contributed by atoms with Crippen molar-refractivity contribution in [2.24, 2.45) is 0 Å². The van der Waals surface area contributed by atoms with Crippen LogP contribution in [0.3, 0.4) is 0 Å². The molecule has 1 aliphatic rings. The van der Waals surface area contributed by atoms with Crippen molar-refractivity contribution < 1.29 is 13.6 Å². The molecule has 4 heterocycles. The van der Waals surface area contributed by atoms with Crippen LogP contribution in [-0.2, 0) is 5.41 Å². The quantitative estimate of drug-likeness (QED) is 0.177. The minimum Gasteiger partial charge on any atom is -0.455 e. The normalized spacial score (nSPS) is 13.5. The average Bonchev–Trinajstić information content (AvgIpc) is 4.16. The Bertz CT molecular complexity index is 4370. The summed E-state index contributed by atoms with van der Waals surface area (Å²) in [7, 11) is 0. The van der Waals surface area contributed by atoms with E-state index in [1.807, 2.05) is 35.6 Å². The summed E-state index contributed by atoms with van der Waals surface area (Å²) in [5.41, 5.74) is 13.3. The lowest BCUT2D eigenvalue weighted by molar-refractivity contribution is 0.103. The number of rotatable bonds is 4. The molecule has 4 aromatic heterocycles. The number of carbonyl (C=O) groups is 1. The summed E-state index contributed by atoms with van der Waals surface area (Å²) >= 11 is 1.82. The number of carbonyl (C=O) groups excluding carboxylic acids is 1. The van der Waals surface area contributed by atoms with E-state index in [0.29, 0.717) is 5.56 Å². The molecule has 0 bridgehead atoms. The Morgan fingerprint density at radius 1 is 0.433 bits per heavy atom. The first-order valence-corrected chi connectivity index (χ1v) is 23.5. The number of hydrogen-bond acceptors (Lipinski definition) is 4. The minimum absolute atomic E-state index is 0.0393. The molecule has 0 spiro atoms. The van der Waals surface area contributed by atoms with Crippen molar-refractivity contribution >= 4 is 103 Å². The van der Waals surface area contributed by atoms with Gasteiger partial charge in [0, 0.05) is 69.5 Å². The molecule has 14 aromatic rings. The summed E-state index contributed by atoms with van der Waals surface area (Å²) in [6, 6.07) is 74.9. The van der Waals surface area contributed by atoms with Crippen molar-refractivity contribution in [3.05, 3.63) is 246 Å². The third-order valence-corrected chi connectivity index (χ3v) is 15.7. The van der Waals surface area contributed by atoms with Gasteiger partial charge in [0.15, 0.2) is 11.4 Å². The summed E-state index contributed by atoms with van der Waals surface area (Å²) in [6.07, 6.45) is 0. The Morgan fingerprint density at radius 3 is 1.76 bits per heavy atom. The average molecular weight is 874 g/mol. The van der Waals surface area contributed by atoms with Crippen molar-refractivity contribution in [3.8, 4) is 16.8 Å². The van der Waals surface area contributed by atoms with Gasteiger partial charge in [-0.15, -0.1) is 11.3 Å². The molecule has 0 saturated carbocycles. The molecule has 312 valence electrons. The molecule has 67 heavy (non-hydrogen) atoms. The van der Waals surface area contributed by atoms with E-state index >= 15 is 0 Å². The molecule has 10 aromatic carbocycles. The maximum atomic E-state index is 14.8. The number of aromatic nitrogens is 1. The third-order valence-electron chi connectivity index (χ3n) is 14.4. The molecule has 0 radical (unpaired) electrons. The summed E-state index contributed by atoms with van der Waals surface area (Å²) in [4.78, 5) is 14.8.